The summed E-state index contributed by atoms with van der Waals surface area (Å²) in [6, 6.07) is 10.3. The summed E-state index contributed by atoms with van der Waals surface area (Å²) in [5.74, 6) is 0.432. The maximum atomic E-state index is 12.7. The third kappa shape index (κ3) is 3.63. The van der Waals surface area contributed by atoms with E-state index in [0.717, 1.165) is 12.2 Å². The maximum absolute atomic E-state index is 12.7. The van der Waals surface area contributed by atoms with Crippen LogP contribution in [-0.4, -0.2) is 48.9 Å². The van der Waals surface area contributed by atoms with Crippen molar-refractivity contribution in [2.45, 2.75) is 44.6 Å². The highest BCUT2D eigenvalue weighted by atomic mass is 16.2. The van der Waals surface area contributed by atoms with E-state index in [4.69, 9.17) is 0 Å². The fraction of sp³-hybridized carbons (Fsp3) is 0.619. The van der Waals surface area contributed by atoms with Gasteiger partial charge in [0.15, 0.2) is 0 Å². The van der Waals surface area contributed by atoms with Crippen molar-refractivity contribution >= 4 is 17.5 Å². The predicted molar refractivity (Wildman–Crippen MR) is 102 cm³/mol. The van der Waals surface area contributed by atoms with Crippen LogP contribution in [0.2, 0.25) is 0 Å². The number of piperidine rings is 2. The molecule has 5 nitrogen and oxygen atoms in total. The second-order valence-corrected chi connectivity index (χ2v) is 7.99. The second kappa shape index (κ2) is 7.78. The van der Waals surface area contributed by atoms with Gasteiger partial charge in [0.25, 0.3) is 0 Å². The monoisotopic (exact) mass is 355 g/mol. The van der Waals surface area contributed by atoms with Gasteiger partial charge in [-0.25, -0.2) is 0 Å². The number of carbonyl (C=O) groups excluding carboxylic acids is 2. The number of benzene rings is 1. The van der Waals surface area contributed by atoms with Crippen LogP contribution in [0.3, 0.4) is 0 Å². The van der Waals surface area contributed by atoms with E-state index in [0.29, 0.717) is 24.9 Å². The Morgan fingerprint density at radius 1 is 1.08 bits per heavy atom. The SMILES string of the molecule is O=C(NC[C@@H]1CCCN2CCCC[C@H]12)C1CC(=O)N(c2ccccc2)C1. The van der Waals surface area contributed by atoms with Crippen LogP contribution in [0.1, 0.15) is 38.5 Å². The summed E-state index contributed by atoms with van der Waals surface area (Å²) in [4.78, 5) is 29.4. The number of nitrogens with one attached hydrogen (secondary N) is 1. The van der Waals surface area contributed by atoms with E-state index in [1.807, 2.05) is 30.3 Å². The van der Waals surface area contributed by atoms with Crippen LogP contribution in [0, 0.1) is 11.8 Å². The zero-order valence-electron chi connectivity index (χ0n) is 15.4. The minimum Gasteiger partial charge on any atom is -0.355 e. The van der Waals surface area contributed by atoms with Crippen molar-refractivity contribution in [3.05, 3.63) is 30.3 Å². The lowest BCUT2D eigenvalue weighted by Crippen LogP contribution is -2.51. The highest BCUT2D eigenvalue weighted by molar-refractivity contribution is 6.00. The molecule has 1 aromatic rings. The van der Waals surface area contributed by atoms with Crippen molar-refractivity contribution in [2.75, 3.05) is 31.1 Å². The molecule has 3 saturated heterocycles. The summed E-state index contributed by atoms with van der Waals surface area (Å²) in [6.45, 7) is 3.70. The van der Waals surface area contributed by atoms with E-state index in [9.17, 15) is 9.59 Å². The van der Waals surface area contributed by atoms with Gasteiger partial charge in [0.05, 0.1) is 5.92 Å². The summed E-state index contributed by atoms with van der Waals surface area (Å²) in [7, 11) is 0. The van der Waals surface area contributed by atoms with Crippen molar-refractivity contribution in [3.8, 4) is 0 Å². The van der Waals surface area contributed by atoms with Crippen LogP contribution in [0.15, 0.2) is 30.3 Å². The number of hydrogen-bond acceptors (Lipinski definition) is 3. The smallest absolute Gasteiger partial charge is 0.227 e. The summed E-state index contributed by atoms with van der Waals surface area (Å²) in [5, 5.41) is 3.18. The van der Waals surface area contributed by atoms with Crippen molar-refractivity contribution in [2.24, 2.45) is 11.8 Å². The van der Waals surface area contributed by atoms with Gasteiger partial charge < -0.3 is 15.1 Å². The minimum absolute atomic E-state index is 0.0460. The summed E-state index contributed by atoms with van der Waals surface area (Å²) >= 11 is 0. The first kappa shape index (κ1) is 17.5. The standard InChI is InChI=1S/C21H29N3O2/c25-20-13-17(15-24(20)18-8-2-1-3-9-18)21(26)22-14-16-7-6-12-23-11-5-4-10-19(16)23/h1-3,8-9,16-17,19H,4-7,10-15H2,(H,22,26)/t16-,17?,19+/m0/s1. The lowest BCUT2D eigenvalue weighted by molar-refractivity contribution is -0.126. The zero-order chi connectivity index (χ0) is 17.9. The molecular weight excluding hydrogens is 326 g/mol. The molecule has 1 aromatic carbocycles. The second-order valence-electron chi connectivity index (χ2n) is 7.99. The van der Waals surface area contributed by atoms with E-state index < -0.39 is 0 Å². The molecule has 5 heteroatoms. The minimum atomic E-state index is -0.228. The molecule has 0 spiro atoms. The average molecular weight is 355 g/mol. The lowest BCUT2D eigenvalue weighted by Gasteiger charge is -2.44. The predicted octanol–water partition coefficient (Wildman–Crippen LogP) is 2.42. The van der Waals surface area contributed by atoms with E-state index in [1.54, 1.807) is 4.90 Å². The molecule has 1 N–H and O–H groups in total. The molecule has 3 fully saturated rings. The molecule has 140 valence electrons. The highest BCUT2D eigenvalue weighted by Gasteiger charge is 2.37. The molecule has 3 aliphatic heterocycles. The molecular formula is C21H29N3O2. The van der Waals surface area contributed by atoms with Crippen LogP contribution in [0.5, 0.6) is 0 Å². The number of anilines is 1. The summed E-state index contributed by atoms with van der Waals surface area (Å²) in [6.07, 6.45) is 6.66. The molecule has 2 amide bonds. The third-order valence-electron chi connectivity index (χ3n) is 6.33. The first-order valence-electron chi connectivity index (χ1n) is 10.1. The molecule has 3 heterocycles. The number of para-hydroxylation sites is 1. The van der Waals surface area contributed by atoms with Crippen LogP contribution in [0.25, 0.3) is 0 Å². The Balaban J connectivity index is 1.32. The molecule has 3 aliphatic rings. The average Bonchev–Trinajstić information content (AvgIpc) is 3.08. The van der Waals surface area contributed by atoms with Gasteiger partial charge in [0, 0.05) is 31.2 Å². The molecule has 1 unspecified atom stereocenters. The normalized spacial score (nSPS) is 29.5. The molecule has 0 aromatic heterocycles. The van der Waals surface area contributed by atoms with Gasteiger partial charge in [-0.15, -0.1) is 0 Å². The Labute approximate surface area is 155 Å². The molecule has 0 saturated carbocycles. The van der Waals surface area contributed by atoms with Crippen molar-refractivity contribution in [1.82, 2.24) is 10.2 Å². The number of carbonyl (C=O) groups is 2. The topological polar surface area (TPSA) is 52.7 Å². The zero-order valence-corrected chi connectivity index (χ0v) is 15.4. The number of amides is 2. The maximum Gasteiger partial charge on any atom is 0.227 e. The lowest BCUT2D eigenvalue weighted by atomic mass is 9.83. The van der Waals surface area contributed by atoms with Crippen molar-refractivity contribution in [3.63, 3.8) is 0 Å². The molecule has 3 atom stereocenters. The molecule has 0 bridgehead atoms. The Hall–Kier alpha value is -1.88. The van der Waals surface area contributed by atoms with Gasteiger partial charge in [0.2, 0.25) is 11.8 Å². The van der Waals surface area contributed by atoms with Crippen LogP contribution >= 0.6 is 0 Å². The van der Waals surface area contributed by atoms with Crippen molar-refractivity contribution in [1.29, 1.82) is 0 Å². The van der Waals surface area contributed by atoms with E-state index in [1.165, 1.54) is 45.2 Å². The fourth-order valence-electron chi connectivity index (χ4n) is 4.93. The van der Waals surface area contributed by atoms with Crippen LogP contribution in [0.4, 0.5) is 5.69 Å². The Kier molecular flexibility index (Phi) is 5.25. The highest BCUT2D eigenvalue weighted by Crippen LogP contribution is 2.31. The molecule has 26 heavy (non-hydrogen) atoms. The largest absolute Gasteiger partial charge is 0.355 e. The molecule has 4 rings (SSSR count). The first-order valence-corrected chi connectivity index (χ1v) is 10.1. The van der Waals surface area contributed by atoms with E-state index >= 15 is 0 Å². The number of fused-ring (bicyclic) bond motifs is 1. The van der Waals surface area contributed by atoms with E-state index in [-0.39, 0.29) is 17.7 Å². The van der Waals surface area contributed by atoms with Gasteiger partial charge in [-0.1, -0.05) is 24.6 Å². The van der Waals surface area contributed by atoms with Gasteiger partial charge in [-0.3, -0.25) is 9.59 Å². The van der Waals surface area contributed by atoms with Gasteiger partial charge >= 0.3 is 0 Å². The summed E-state index contributed by atoms with van der Waals surface area (Å²) < 4.78 is 0. The number of hydrogen-bond donors (Lipinski definition) is 1. The molecule has 0 aliphatic carbocycles. The van der Waals surface area contributed by atoms with Gasteiger partial charge in [-0.2, -0.15) is 0 Å². The summed E-state index contributed by atoms with van der Waals surface area (Å²) in [5.41, 5.74) is 0.887. The third-order valence-corrected chi connectivity index (χ3v) is 6.33. The Morgan fingerprint density at radius 2 is 1.88 bits per heavy atom. The number of nitrogens with zero attached hydrogens (tertiary/aromatic N) is 2. The first-order chi connectivity index (χ1) is 12.7. The van der Waals surface area contributed by atoms with Crippen molar-refractivity contribution < 1.29 is 9.59 Å². The number of rotatable bonds is 4. The van der Waals surface area contributed by atoms with Crippen LogP contribution in [-0.2, 0) is 9.59 Å². The van der Waals surface area contributed by atoms with Crippen LogP contribution < -0.4 is 10.2 Å². The van der Waals surface area contributed by atoms with Gasteiger partial charge in [0.1, 0.15) is 0 Å². The van der Waals surface area contributed by atoms with E-state index in [2.05, 4.69) is 10.2 Å². The van der Waals surface area contributed by atoms with Gasteiger partial charge in [-0.05, 0) is 56.8 Å². The Bertz CT molecular complexity index is 646. The quantitative estimate of drug-likeness (QED) is 0.902. The Morgan fingerprint density at radius 3 is 2.73 bits per heavy atom. The molecule has 0 radical (unpaired) electrons. The fourth-order valence-corrected chi connectivity index (χ4v) is 4.93.